The lowest BCUT2D eigenvalue weighted by atomic mass is 9.89. The van der Waals surface area contributed by atoms with Gasteiger partial charge in [0.25, 0.3) is 5.91 Å². The molecule has 3 N–H and O–H groups in total. The molecule has 0 radical (unpaired) electrons. The normalized spacial score (nSPS) is 19.8. The van der Waals surface area contributed by atoms with Gasteiger partial charge in [-0.15, -0.1) is 0 Å². The fourth-order valence-electron chi connectivity index (χ4n) is 2.64. The molecule has 0 saturated heterocycles. The van der Waals surface area contributed by atoms with Crippen LogP contribution in [0.2, 0.25) is 0 Å². The highest BCUT2D eigenvalue weighted by molar-refractivity contribution is 8.13. The van der Waals surface area contributed by atoms with Crippen LogP contribution in [-0.4, -0.2) is 26.8 Å². The number of nitrogens with two attached hydrogens (primary N) is 1. The average Bonchev–Trinajstić information content (AvgIpc) is 2.58. The largest absolute Gasteiger partial charge is 0.379 e. The maximum atomic E-state index is 14.4. The lowest BCUT2D eigenvalue weighted by molar-refractivity contribution is 0.102. The number of aliphatic imine (C=N–C) groups is 1. The molecule has 0 aliphatic carbocycles. The summed E-state index contributed by atoms with van der Waals surface area (Å²) in [7, 11) is 0. The van der Waals surface area contributed by atoms with E-state index in [4.69, 9.17) is 5.73 Å². The highest BCUT2D eigenvalue weighted by Gasteiger charge is 2.33. The van der Waals surface area contributed by atoms with Crippen molar-refractivity contribution in [3.05, 3.63) is 53.1 Å². The van der Waals surface area contributed by atoms with Gasteiger partial charge in [-0.05, 0) is 26.3 Å². The number of carbonyl (C=O) groups is 1. The van der Waals surface area contributed by atoms with Crippen molar-refractivity contribution in [2.24, 2.45) is 10.7 Å². The molecule has 3 rings (SSSR count). The number of rotatable bonds is 3. The smallest absolute Gasteiger partial charge is 0.275 e. The Hall–Kier alpha value is -2.55. The summed E-state index contributed by atoms with van der Waals surface area (Å²) in [4.78, 5) is 24.5. The molecule has 1 atom stereocenters. The number of anilines is 1. The van der Waals surface area contributed by atoms with Gasteiger partial charge in [0.15, 0.2) is 16.8 Å². The summed E-state index contributed by atoms with van der Waals surface area (Å²) in [5.41, 5.74) is 5.65. The van der Waals surface area contributed by atoms with Crippen LogP contribution < -0.4 is 11.1 Å². The topological polar surface area (TPSA) is 93.3 Å². The van der Waals surface area contributed by atoms with E-state index in [1.165, 1.54) is 30.2 Å². The van der Waals surface area contributed by atoms with Gasteiger partial charge in [-0.2, -0.15) is 0 Å². The third kappa shape index (κ3) is 3.67. The van der Waals surface area contributed by atoms with Crippen LogP contribution in [0.25, 0.3) is 0 Å². The van der Waals surface area contributed by atoms with Gasteiger partial charge >= 0.3 is 0 Å². The quantitative estimate of drug-likeness (QED) is 0.858. The number of nitrogens with one attached hydrogen (secondary N) is 1. The molecule has 1 unspecified atom stereocenters. The zero-order valence-electron chi connectivity index (χ0n) is 14.2. The van der Waals surface area contributed by atoms with Crippen molar-refractivity contribution in [1.29, 1.82) is 0 Å². The van der Waals surface area contributed by atoms with E-state index in [2.05, 4.69) is 20.3 Å². The molecule has 2 aromatic rings. The van der Waals surface area contributed by atoms with E-state index >= 15 is 0 Å². The van der Waals surface area contributed by atoms with E-state index in [0.717, 1.165) is 6.07 Å². The van der Waals surface area contributed by atoms with Crippen LogP contribution in [0.4, 0.5) is 14.5 Å². The molecule has 9 heteroatoms. The number of aromatic nitrogens is 2. The number of amides is 1. The van der Waals surface area contributed by atoms with Gasteiger partial charge in [-0.25, -0.2) is 13.8 Å². The molecule has 0 saturated carbocycles. The van der Waals surface area contributed by atoms with Gasteiger partial charge in [-0.1, -0.05) is 11.8 Å². The number of halogens is 2. The van der Waals surface area contributed by atoms with E-state index in [9.17, 15) is 13.6 Å². The summed E-state index contributed by atoms with van der Waals surface area (Å²) < 4.78 is 28.5. The molecule has 136 valence electrons. The number of amidine groups is 1. The van der Waals surface area contributed by atoms with Crippen LogP contribution >= 0.6 is 11.8 Å². The first-order valence-electron chi connectivity index (χ1n) is 7.86. The Labute approximate surface area is 153 Å². The first-order chi connectivity index (χ1) is 12.3. The second-order valence-electron chi connectivity index (χ2n) is 6.14. The molecule has 0 bridgehead atoms. The van der Waals surface area contributed by atoms with E-state index in [1.807, 2.05) is 0 Å². The number of aryl methyl sites for hydroxylation is 1. The van der Waals surface area contributed by atoms with Gasteiger partial charge in [0.1, 0.15) is 5.69 Å². The van der Waals surface area contributed by atoms with Gasteiger partial charge in [-0.3, -0.25) is 14.8 Å². The summed E-state index contributed by atoms with van der Waals surface area (Å²) in [5, 5.41) is 2.84. The third-order valence-corrected chi connectivity index (χ3v) is 4.87. The van der Waals surface area contributed by atoms with Gasteiger partial charge in [0, 0.05) is 29.3 Å². The molecule has 1 aliphatic rings. The zero-order chi connectivity index (χ0) is 18.9. The van der Waals surface area contributed by atoms with Crippen molar-refractivity contribution in [2.75, 3.05) is 11.1 Å². The second kappa shape index (κ2) is 6.99. The zero-order valence-corrected chi connectivity index (χ0v) is 15.0. The van der Waals surface area contributed by atoms with Gasteiger partial charge < -0.3 is 11.1 Å². The summed E-state index contributed by atoms with van der Waals surface area (Å²) in [6, 6.07) is 2.30. The minimum atomic E-state index is -1.07. The molecular weight excluding hydrogens is 360 g/mol. The number of thioether (sulfide) groups is 1. The maximum absolute atomic E-state index is 14.4. The average molecular weight is 377 g/mol. The fourth-order valence-corrected chi connectivity index (χ4v) is 3.61. The molecule has 26 heavy (non-hydrogen) atoms. The van der Waals surface area contributed by atoms with Crippen molar-refractivity contribution in [3.8, 4) is 0 Å². The predicted octanol–water partition coefficient (Wildman–Crippen LogP) is 2.98. The van der Waals surface area contributed by atoms with Crippen LogP contribution in [0.1, 0.15) is 35.1 Å². The number of hydrogen-bond acceptors (Lipinski definition) is 6. The molecule has 6 nitrogen and oxygen atoms in total. The van der Waals surface area contributed by atoms with Crippen molar-refractivity contribution in [2.45, 2.75) is 25.8 Å². The van der Waals surface area contributed by atoms with Crippen LogP contribution in [-0.2, 0) is 5.54 Å². The second-order valence-corrected chi connectivity index (χ2v) is 7.25. The molecule has 0 fully saturated rings. The lowest BCUT2D eigenvalue weighted by Crippen LogP contribution is -2.30. The van der Waals surface area contributed by atoms with E-state index in [0.29, 0.717) is 23.0 Å². The lowest BCUT2D eigenvalue weighted by Gasteiger charge is -2.30. The third-order valence-electron chi connectivity index (χ3n) is 4.08. The van der Waals surface area contributed by atoms with E-state index in [-0.39, 0.29) is 16.9 Å². The van der Waals surface area contributed by atoms with Crippen molar-refractivity contribution >= 4 is 28.5 Å². The van der Waals surface area contributed by atoms with Crippen LogP contribution in [0.3, 0.4) is 0 Å². The Balaban J connectivity index is 1.94. The van der Waals surface area contributed by atoms with Crippen LogP contribution in [0, 0.1) is 18.6 Å². The van der Waals surface area contributed by atoms with E-state index in [1.54, 1.807) is 13.8 Å². The first-order valence-corrected chi connectivity index (χ1v) is 8.85. The number of nitrogens with zero attached hydrogens (tertiary/aromatic N) is 3. The molecule has 0 spiro atoms. The number of hydrogen-bond donors (Lipinski definition) is 2. The molecule has 2 heterocycles. The Morgan fingerprint density at radius 1 is 1.31 bits per heavy atom. The van der Waals surface area contributed by atoms with Crippen LogP contribution in [0.15, 0.2) is 29.5 Å². The Bertz CT molecular complexity index is 887. The fraction of sp³-hybridized carbons (Fsp3) is 0.294. The summed E-state index contributed by atoms with van der Waals surface area (Å²) in [6.07, 6.45) is 3.26. The summed E-state index contributed by atoms with van der Waals surface area (Å²) in [5.74, 6) is -1.99. The highest BCUT2D eigenvalue weighted by Crippen LogP contribution is 2.38. The summed E-state index contributed by atoms with van der Waals surface area (Å²) in [6.45, 7) is 3.43. The molecule has 1 aromatic carbocycles. The van der Waals surface area contributed by atoms with Gasteiger partial charge in [0.2, 0.25) is 0 Å². The van der Waals surface area contributed by atoms with Crippen molar-refractivity contribution in [1.82, 2.24) is 9.97 Å². The Kier molecular flexibility index (Phi) is 4.90. The monoisotopic (exact) mass is 377 g/mol. The maximum Gasteiger partial charge on any atom is 0.275 e. The molecule has 1 aromatic heterocycles. The minimum Gasteiger partial charge on any atom is -0.379 e. The Morgan fingerprint density at radius 2 is 2.08 bits per heavy atom. The Morgan fingerprint density at radius 3 is 2.73 bits per heavy atom. The minimum absolute atomic E-state index is 0.0473. The van der Waals surface area contributed by atoms with Gasteiger partial charge in [0.05, 0.1) is 17.4 Å². The first kappa shape index (κ1) is 18.2. The standard InChI is InChI=1S/C17H17F2N5OS/c1-9-7-22-13(8-21-9)15(25)23-10-5-11(14(19)12(18)6-10)17(2)3-4-26-16(20)24-17/h5-8H,3-4H2,1-2H3,(H2,20,24)(H,23,25). The molecule has 1 aliphatic heterocycles. The van der Waals surface area contributed by atoms with Crippen molar-refractivity contribution < 1.29 is 13.6 Å². The molecular formula is C17H17F2N5OS. The van der Waals surface area contributed by atoms with Crippen molar-refractivity contribution in [3.63, 3.8) is 0 Å². The number of carbonyl (C=O) groups excluding carboxylic acids is 1. The molecule has 1 amide bonds. The number of benzene rings is 1. The SMILES string of the molecule is Cc1cnc(C(=O)Nc2cc(F)c(F)c(C3(C)CCSC(N)=N3)c2)cn1. The predicted molar refractivity (Wildman–Crippen MR) is 97.1 cm³/mol. The summed E-state index contributed by atoms with van der Waals surface area (Å²) >= 11 is 1.36. The van der Waals surface area contributed by atoms with E-state index < -0.39 is 23.1 Å². The highest BCUT2D eigenvalue weighted by atomic mass is 32.2. The van der Waals surface area contributed by atoms with Crippen LogP contribution in [0.5, 0.6) is 0 Å².